The highest BCUT2D eigenvalue weighted by Gasteiger charge is 2.19. The van der Waals surface area contributed by atoms with Gasteiger partial charge in [-0.05, 0) is 25.5 Å². The molecule has 0 aliphatic heterocycles. The van der Waals surface area contributed by atoms with Crippen molar-refractivity contribution in [3.63, 3.8) is 0 Å². The summed E-state index contributed by atoms with van der Waals surface area (Å²) in [5, 5.41) is 3.36. The van der Waals surface area contributed by atoms with Crippen molar-refractivity contribution in [1.29, 1.82) is 0 Å². The van der Waals surface area contributed by atoms with E-state index in [1.165, 1.54) is 22.2 Å². The molecule has 130 valence electrons. The zero-order valence-corrected chi connectivity index (χ0v) is 15.0. The number of carbonyl (C=O) groups is 1. The van der Waals surface area contributed by atoms with Gasteiger partial charge in [-0.3, -0.25) is 9.59 Å². The Morgan fingerprint density at radius 2 is 2.20 bits per heavy atom. The molecule has 25 heavy (non-hydrogen) atoms. The van der Waals surface area contributed by atoms with Gasteiger partial charge in [-0.15, -0.1) is 11.3 Å². The average Bonchev–Trinajstić information content (AvgIpc) is 2.95. The zero-order valence-electron chi connectivity index (χ0n) is 14.2. The minimum Gasteiger partial charge on any atom is -0.478 e. The molecule has 0 aliphatic rings. The molecule has 0 saturated heterocycles. The third-order valence-electron chi connectivity index (χ3n) is 3.79. The topological polar surface area (TPSA) is 86.1 Å². The molecule has 8 heteroatoms. The number of nitrogens with one attached hydrogen (secondary N) is 1. The zero-order chi connectivity index (χ0) is 18.0. The molecule has 0 atom stereocenters. The van der Waals surface area contributed by atoms with Gasteiger partial charge in [0.1, 0.15) is 4.83 Å². The summed E-state index contributed by atoms with van der Waals surface area (Å²) in [5.74, 6) is 0.266. The molecule has 0 saturated carbocycles. The predicted octanol–water partition coefficient (Wildman–Crippen LogP) is 2.03. The van der Waals surface area contributed by atoms with Crippen LogP contribution < -0.4 is 15.6 Å². The minimum absolute atomic E-state index is 0.149. The van der Waals surface area contributed by atoms with Gasteiger partial charge in [-0.1, -0.05) is 6.07 Å². The van der Waals surface area contributed by atoms with Crippen LogP contribution in [-0.4, -0.2) is 27.0 Å². The number of amides is 1. The van der Waals surface area contributed by atoms with Crippen LogP contribution in [-0.2, 0) is 13.6 Å². The SMILES string of the molecule is CCOc1ncccc1CNC(=O)c1sc2ncn(C)c(=O)c2c1C. The van der Waals surface area contributed by atoms with Crippen LogP contribution in [0.25, 0.3) is 10.2 Å². The summed E-state index contributed by atoms with van der Waals surface area (Å²) >= 11 is 1.22. The normalized spacial score (nSPS) is 10.8. The number of ether oxygens (including phenoxy) is 1. The van der Waals surface area contributed by atoms with Gasteiger partial charge in [-0.2, -0.15) is 0 Å². The second-order valence-corrected chi connectivity index (χ2v) is 6.48. The summed E-state index contributed by atoms with van der Waals surface area (Å²) in [5.41, 5.74) is 1.30. The van der Waals surface area contributed by atoms with Gasteiger partial charge in [0, 0.05) is 25.4 Å². The first-order valence-corrected chi connectivity index (χ1v) is 8.64. The van der Waals surface area contributed by atoms with Gasteiger partial charge in [0.05, 0.1) is 23.2 Å². The summed E-state index contributed by atoms with van der Waals surface area (Å²) in [6.45, 7) is 4.45. The van der Waals surface area contributed by atoms with Crippen molar-refractivity contribution in [2.24, 2.45) is 7.05 Å². The van der Waals surface area contributed by atoms with Crippen LogP contribution in [0.2, 0.25) is 0 Å². The van der Waals surface area contributed by atoms with Crippen molar-refractivity contribution in [2.45, 2.75) is 20.4 Å². The number of pyridine rings is 1. The largest absolute Gasteiger partial charge is 0.478 e. The number of thiophene rings is 1. The van der Waals surface area contributed by atoms with Crippen LogP contribution in [0.4, 0.5) is 0 Å². The highest BCUT2D eigenvalue weighted by atomic mass is 32.1. The molecule has 0 unspecified atom stereocenters. The molecule has 0 aromatic carbocycles. The van der Waals surface area contributed by atoms with Crippen molar-refractivity contribution in [1.82, 2.24) is 19.9 Å². The van der Waals surface area contributed by atoms with Crippen molar-refractivity contribution in [3.05, 3.63) is 51.0 Å². The molecule has 1 amide bonds. The Hall–Kier alpha value is -2.74. The van der Waals surface area contributed by atoms with Crippen LogP contribution in [0, 0.1) is 6.92 Å². The Bertz CT molecular complexity index is 993. The monoisotopic (exact) mass is 358 g/mol. The number of nitrogens with zero attached hydrogens (tertiary/aromatic N) is 3. The van der Waals surface area contributed by atoms with Gasteiger partial charge < -0.3 is 14.6 Å². The lowest BCUT2D eigenvalue weighted by molar-refractivity contribution is 0.0954. The number of hydrogen-bond donors (Lipinski definition) is 1. The first kappa shape index (κ1) is 17.1. The molecule has 0 spiro atoms. The van der Waals surface area contributed by atoms with E-state index in [1.54, 1.807) is 26.2 Å². The lowest BCUT2D eigenvalue weighted by atomic mass is 10.2. The van der Waals surface area contributed by atoms with E-state index in [-0.39, 0.29) is 11.5 Å². The van der Waals surface area contributed by atoms with Crippen LogP contribution >= 0.6 is 11.3 Å². The van der Waals surface area contributed by atoms with E-state index in [2.05, 4.69) is 15.3 Å². The van der Waals surface area contributed by atoms with Gasteiger partial charge in [0.25, 0.3) is 11.5 Å². The second-order valence-electron chi connectivity index (χ2n) is 5.48. The summed E-state index contributed by atoms with van der Waals surface area (Å²) in [4.78, 5) is 34.3. The van der Waals surface area contributed by atoms with Gasteiger partial charge in [0.2, 0.25) is 5.88 Å². The summed E-state index contributed by atoms with van der Waals surface area (Å²) in [6, 6.07) is 3.65. The van der Waals surface area contributed by atoms with E-state index >= 15 is 0 Å². The lowest BCUT2D eigenvalue weighted by Gasteiger charge is -2.09. The van der Waals surface area contributed by atoms with Crippen molar-refractivity contribution >= 4 is 27.5 Å². The van der Waals surface area contributed by atoms with Crippen LogP contribution in [0.15, 0.2) is 29.5 Å². The Labute approximate surface area is 148 Å². The smallest absolute Gasteiger partial charge is 0.262 e. The molecule has 3 aromatic rings. The first-order valence-electron chi connectivity index (χ1n) is 7.82. The highest BCUT2D eigenvalue weighted by Crippen LogP contribution is 2.26. The molecule has 0 radical (unpaired) electrons. The van der Waals surface area contributed by atoms with Crippen molar-refractivity contribution in [2.75, 3.05) is 6.61 Å². The van der Waals surface area contributed by atoms with Gasteiger partial charge in [-0.25, -0.2) is 9.97 Å². The molecule has 0 fully saturated rings. The number of rotatable bonds is 5. The summed E-state index contributed by atoms with van der Waals surface area (Å²) < 4.78 is 6.87. The maximum Gasteiger partial charge on any atom is 0.262 e. The molecular weight excluding hydrogens is 340 g/mol. The molecule has 3 aromatic heterocycles. The quantitative estimate of drug-likeness (QED) is 0.754. The van der Waals surface area contributed by atoms with Gasteiger partial charge in [0.15, 0.2) is 0 Å². The van der Waals surface area contributed by atoms with E-state index in [9.17, 15) is 9.59 Å². The van der Waals surface area contributed by atoms with E-state index in [0.29, 0.717) is 39.7 Å². The third kappa shape index (κ3) is 3.25. The van der Waals surface area contributed by atoms with Crippen molar-refractivity contribution < 1.29 is 9.53 Å². The summed E-state index contributed by atoms with van der Waals surface area (Å²) in [7, 11) is 1.64. The van der Waals surface area contributed by atoms with E-state index in [1.807, 2.05) is 13.0 Å². The fraction of sp³-hybridized carbons (Fsp3) is 0.294. The lowest BCUT2D eigenvalue weighted by Crippen LogP contribution is -2.23. The Morgan fingerprint density at radius 1 is 1.40 bits per heavy atom. The Balaban J connectivity index is 1.85. The Kier molecular flexibility index (Phi) is 4.80. The maximum absolute atomic E-state index is 12.6. The van der Waals surface area contributed by atoms with E-state index in [4.69, 9.17) is 4.74 Å². The standard InChI is InChI=1S/C17H18N4O3S/c1-4-24-15-11(6-5-7-18-15)8-19-14(22)13-10(2)12-16(25-13)20-9-21(3)17(12)23/h5-7,9H,4,8H2,1-3H3,(H,19,22). The fourth-order valence-corrected chi connectivity index (χ4v) is 3.56. The second kappa shape index (κ2) is 7.02. The highest BCUT2D eigenvalue weighted by molar-refractivity contribution is 7.20. The minimum atomic E-state index is -0.242. The molecule has 0 aliphatic carbocycles. The number of carbonyl (C=O) groups excluding carboxylic acids is 1. The molecule has 0 bridgehead atoms. The fourth-order valence-electron chi connectivity index (χ4n) is 2.51. The molecule has 7 nitrogen and oxygen atoms in total. The molecule has 1 N–H and O–H groups in total. The van der Waals surface area contributed by atoms with Crippen LogP contribution in [0.5, 0.6) is 5.88 Å². The number of aryl methyl sites for hydroxylation is 2. The predicted molar refractivity (Wildman–Crippen MR) is 96.2 cm³/mol. The Morgan fingerprint density at radius 3 is 2.96 bits per heavy atom. The number of fused-ring (bicyclic) bond motifs is 1. The summed E-state index contributed by atoms with van der Waals surface area (Å²) in [6.07, 6.45) is 3.11. The third-order valence-corrected chi connectivity index (χ3v) is 4.99. The van der Waals surface area contributed by atoms with E-state index in [0.717, 1.165) is 5.56 Å². The first-order chi connectivity index (χ1) is 12.0. The van der Waals surface area contributed by atoms with E-state index < -0.39 is 0 Å². The number of hydrogen-bond acceptors (Lipinski definition) is 6. The molecule has 3 heterocycles. The maximum atomic E-state index is 12.6. The molecule has 3 rings (SSSR count). The average molecular weight is 358 g/mol. The number of aromatic nitrogens is 3. The van der Waals surface area contributed by atoms with Gasteiger partial charge >= 0.3 is 0 Å². The van der Waals surface area contributed by atoms with Crippen molar-refractivity contribution in [3.8, 4) is 5.88 Å². The molecular formula is C17H18N4O3S. The van der Waals surface area contributed by atoms with Crippen LogP contribution in [0.1, 0.15) is 27.7 Å². The van der Waals surface area contributed by atoms with Crippen LogP contribution in [0.3, 0.4) is 0 Å².